The standard InChI is InChI=1S/C18H24N2O3/c1-2-20(11-17(21)22)16-9-15(10-16)19-18(23)14-7-6-12-4-3-5-13(12)8-14/h6-8,15-16H,2-5,9-11H2,1H3,(H,19,23)(H,21,22). The molecule has 124 valence electrons. The molecule has 0 atom stereocenters. The third-order valence-electron chi connectivity index (χ3n) is 5.07. The van der Waals surface area contributed by atoms with Crippen LogP contribution in [0.2, 0.25) is 0 Å². The number of benzene rings is 1. The van der Waals surface area contributed by atoms with Crippen molar-refractivity contribution in [2.24, 2.45) is 0 Å². The summed E-state index contributed by atoms with van der Waals surface area (Å²) >= 11 is 0. The zero-order valence-electron chi connectivity index (χ0n) is 13.5. The molecule has 1 saturated carbocycles. The fourth-order valence-corrected chi connectivity index (χ4v) is 3.66. The number of fused-ring (bicyclic) bond motifs is 1. The van der Waals surface area contributed by atoms with Crippen molar-refractivity contribution in [2.75, 3.05) is 13.1 Å². The Morgan fingerprint density at radius 3 is 2.70 bits per heavy atom. The van der Waals surface area contributed by atoms with E-state index in [1.807, 2.05) is 24.0 Å². The first kappa shape index (κ1) is 16.0. The molecule has 2 aliphatic carbocycles. The average Bonchev–Trinajstić information content (AvgIpc) is 2.95. The van der Waals surface area contributed by atoms with E-state index in [9.17, 15) is 9.59 Å². The van der Waals surface area contributed by atoms with Gasteiger partial charge in [0, 0.05) is 17.6 Å². The van der Waals surface area contributed by atoms with Crippen LogP contribution in [0.25, 0.3) is 0 Å². The number of carbonyl (C=O) groups is 2. The number of likely N-dealkylation sites (N-methyl/N-ethyl adjacent to an activating group) is 1. The molecule has 0 heterocycles. The largest absolute Gasteiger partial charge is 0.480 e. The van der Waals surface area contributed by atoms with Crippen LogP contribution in [0.3, 0.4) is 0 Å². The van der Waals surface area contributed by atoms with Crippen molar-refractivity contribution in [1.82, 2.24) is 10.2 Å². The average molecular weight is 316 g/mol. The smallest absolute Gasteiger partial charge is 0.317 e. The van der Waals surface area contributed by atoms with E-state index < -0.39 is 5.97 Å². The van der Waals surface area contributed by atoms with Gasteiger partial charge in [0.25, 0.3) is 5.91 Å². The Labute approximate surface area is 136 Å². The zero-order valence-corrected chi connectivity index (χ0v) is 13.5. The number of carbonyl (C=O) groups excluding carboxylic acids is 1. The Bertz CT molecular complexity index is 608. The third kappa shape index (κ3) is 3.55. The number of hydrogen-bond acceptors (Lipinski definition) is 3. The van der Waals surface area contributed by atoms with Gasteiger partial charge in [-0.2, -0.15) is 0 Å². The number of nitrogens with zero attached hydrogens (tertiary/aromatic N) is 1. The summed E-state index contributed by atoms with van der Waals surface area (Å²) in [5.41, 5.74) is 3.42. The Morgan fingerprint density at radius 2 is 2.00 bits per heavy atom. The van der Waals surface area contributed by atoms with E-state index in [0.717, 1.165) is 37.8 Å². The highest BCUT2D eigenvalue weighted by atomic mass is 16.4. The summed E-state index contributed by atoms with van der Waals surface area (Å²) in [4.78, 5) is 25.2. The predicted molar refractivity (Wildman–Crippen MR) is 87.6 cm³/mol. The minimum atomic E-state index is -0.794. The first-order valence-corrected chi connectivity index (χ1v) is 8.45. The number of carboxylic acid groups (broad SMARTS) is 1. The predicted octanol–water partition coefficient (Wildman–Crippen LogP) is 1.84. The summed E-state index contributed by atoms with van der Waals surface area (Å²) in [6.07, 6.45) is 5.04. The van der Waals surface area contributed by atoms with Crippen LogP contribution in [0.4, 0.5) is 0 Å². The molecule has 0 unspecified atom stereocenters. The van der Waals surface area contributed by atoms with Gasteiger partial charge in [-0.15, -0.1) is 0 Å². The van der Waals surface area contributed by atoms with E-state index >= 15 is 0 Å². The second-order valence-electron chi connectivity index (χ2n) is 6.59. The summed E-state index contributed by atoms with van der Waals surface area (Å²) in [5, 5.41) is 12.0. The molecule has 2 N–H and O–H groups in total. The maximum Gasteiger partial charge on any atom is 0.317 e. The highest BCUT2D eigenvalue weighted by Crippen LogP contribution is 2.27. The lowest BCUT2D eigenvalue weighted by molar-refractivity contribution is -0.139. The summed E-state index contributed by atoms with van der Waals surface area (Å²) in [6, 6.07) is 6.44. The lowest BCUT2D eigenvalue weighted by Crippen LogP contribution is -2.54. The van der Waals surface area contributed by atoms with Crippen LogP contribution < -0.4 is 5.32 Å². The van der Waals surface area contributed by atoms with Crippen molar-refractivity contribution in [3.8, 4) is 0 Å². The molecule has 5 nitrogen and oxygen atoms in total. The van der Waals surface area contributed by atoms with Crippen LogP contribution in [-0.4, -0.2) is 47.1 Å². The molecule has 1 fully saturated rings. The van der Waals surface area contributed by atoms with Crippen molar-refractivity contribution >= 4 is 11.9 Å². The summed E-state index contributed by atoms with van der Waals surface area (Å²) in [6.45, 7) is 2.77. The molecule has 0 radical (unpaired) electrons. The van der Waals surface area contributed by atoms with Crippen LogP contribution in [-0.2, 0) is 17.6 Å². The second-order valence-corrected chi connectivity index (χ2v) is 6.59. The molecule has 1 aromatic carbocycles. The summed E-state index contributed by atoms with van der Waals surface area (Å²) in [5.74, 6) is -0.804. The van der Waals surface area contributed by atoms with Gasteiger partial charge in [-0.25, -0.2) is 0 Å². The van der Waals surface area contributed by atoms with Gasteiger partial charge in [0.05, 0.1) is 6.54 Å². The molecule has 3 rings (SSSR count). The molecule has 0 bridgehead atoms. The van der Waals surface area contributed by atoms with Crippen molar-refractivity contribution < 1.29 is 14.7 Å². The van der Waals surface area contributed by atoms with Crippen LogP contribution in [0.15, 0.2) is 18.2 Å². The van der Waals surface area contributed by atoms with E-state index in [2.05, 4.69) is 11.4 Å². The molecule has 23 heavy (non-hydrogen) atoms. The topological polar surface area (TPSA) is 69.6 Å². The quantitative estimate of drug-likeness (QED) is 0.840. The van der Waals surface area contributed by atoms with E-state index in [1.54, 1.807) is 0 Å². The molecule has 0 aliphatic heterocycles. The summed E-state index contributed by atoms with van der Waals surface area (Å²) < 4.78 is 0. The Balaban J connectivity index is 1.51. The fourth-order valence-electron chi connectivity index (χ4n) is 3.66. The molecular formula is C18H24N2O3. The van der Waals surface area contributed by atoms with Crippen molar-refractivity contribution in [3.63, 3.8) is 0 Å². The number of amides is 1. The lowest BCUT2D eigenvalue weighted by Gasteiger charge is -2.42. The molecule has 0 spiro atoms. The molecular weight excluding hydrogens is 292 g/mol. The number of rotatable bonds is 6. The second kappa shape index (κ2) is 6.71. The number of hydrogen-bond donors (Lipinski definition) is 2. The maximum absolute atomic E-state index is 12.4. The normalized spacial score (nSPS) is 22.5. The van der Waals surface area contributed by atoms with Crippen molar-refractivity contribution in [3.05, 3.63) is 34.9 Å². The number of carboxylic acids is 1. The number of nitrogens with one attached hydrogen (secondary N) is 1. The van der Waals surface area contributed by atoms with Crippen LogP contribution in [0.5, 0.6) is 0 Å². The minimum absolute atomic E-state index is 0.00978. The Hall–Kier alpha value is -1.88. The molecule has 2 aliphatic rings. The highest BCUT2D eigenvalue weighted by molar-refractivity contribution is 5.94. The molecule has 1 amide bonds. The fraction of sp³-hybridized carbons (Fsp3) is 0.556. The lowest BCUT2D eigenvalue weighted by atomic mass is 9.85. The molecule has 1 aromatic rings. The first-order chi connectivity index (χ1) is 11.1. The van der Waals surface area contributed by atoms with E-state index in [-0.39, 0.29) is 24.5 Å². The van der Waals surface area contributed by atoms with E-state index in [4.69, 9.17) is 5.11 Å². The van der Waals surface area contributed by atoms with E-state index in [1.165, 1.54) is 17.5 Å². The SMILES string of the molecule is CCN(CC(=O)O)C1CC(NC(=O)c2ccc3c(c2)CCC3)C1. The van der Waals surface area contributed by atoms with Gasteiger partial charge in [0.15, 0.2) is 0 Å². The van der Waals surface area contributed by atoms with Gasteiger partial charge >= 0.3 is 5.97 Å². The third-order valence-corrected chi connectivity index (χ3v) is 5.07. The van der Waals surface area contributed by atoms with Crippen LogP contribution in [0.1, 0.15) is 47.7 Å². The molecule has 0 aromatic heterocycles. The van der Waals surface area contributed by atoms with Crippen LogP contribution in [0, 0.1) is 0 Å². The number of aryl methyl sites for hydroxylation is 2. The van der Waals surface area contributed by atoms with Gasteiger partial charge in [-0.05, 0) is 61.9 Å². The highest BCUT2D eigenvalue weighted by Gasteiger charge is 2.34. The monoisotopic (exact) mass is 316 g/mol. The van der Waals surface area contributed by atoms with Crippen LogP contribution >= 0.6 is 0 Å². The number of aliphatic carboxylic acids is 1. The van der Waals surface area contributed by atoms with Gasteiger partial charge in [-0.1, -0.05) is 13.0 Å². The van der Waals surface area contributed by atoms with Gasteiger partial charge in [-0.3, -0.25) is 14.5 Å². The zero-order chi connectivity index (χ0) is 16.4. The molecule has 0 saturated heterocycles. The molecule has 5 heteroatoms. The van der Waals surface area contributed by atoms with E-state index in [0.29, 0.717) is 0 Å². The first-order valence-electron chi connectivity index (χ1n) is 8.45. The summed E-state index contributed by atoms with van der Waals surface area (Å²) in [7, 11) is 0. The van der Waals surface area contributed by atoms with Gasteiger partial charge in [0.2, 0.25) is 0 Å². The minimum Gasteiger partial charge on any atom is -0.480 e. The van der Waals surface area contributed by atoms with Crippen molar-refractivity contribution in [1.29, 1.82) is 0 Å². The van der Waals surface area contributed by atoms with Gasteiger partial charge in [0.1, 0.15) is 0 Å². The van der Waals surface area contributed by atoms with Gasteiger partial charge < -0.3 is 10.4 Å². The maximum atomic E-state index is 12.4. The van der Waals surface area contributed by atoms with Crippen molar-refractivity contribution in [2.45, 2.75) is 51.1 Å². The Kier molecular flexibility index (Phi) is 4.66. The Morgan fingerprint density at radius 1 is 1.26 bits per heavy atom.